The maximum absolute atomic E-state index is 13.2. The van der Waals surface area contributed by atoms with Crippen LogP contribution in [-0.4, -0.2) is 40.8 Å². The third-order valence-corrected chi connectivity index (χ3v) is 9.81. The molecule has 0 spiro atoms. The van der Waals surface area contributed by atoms with Gasteiger partial charge in [-0.3, -0.25) is 25.2 Å². The third kappa shape index (κ3) is 6.76. The summed E-state index contributed by atoms with van der Waals surface area (Å²) in [4.78, 5) is 40.0. The lowest BCUT2D eigenvalue weighted by Gasteiger charge is -2.13. The number of hydrazine groups is 1. The van der Waals surface area contributed by atoms with E-state index in [2.05, 4.69) is 31.7 Å². The maximum atomic E-state index is 13.2. The van der Waals surface area contributed by atoms with Crippen molar-refractivity contribution in [2.24, 2.45) is 0 Å². The summed E-state index contributed by atoms with van der Waals surface area (Å²) in [5.41, 5.74) is 7.20. The van der Waals surface area contributed by atoms with E-state index in [4.69, 9.17) is 4.74 Å². The Hall–Kier alpha value is -3.46. The Balaban J connectivity index is 1.15. The Bertz CT molecular complexity index is 1470. The highest BCUT2D eigenvalue weighted by molar-refractivity contribution is 8.01. The van der Waals surface area contributed by atoms with Crippen LogP contribution in [-0.2, 0) is 17.6 Å². The highest BCUT2D eigenvalue weighted by atomic mass is 32.2. The highest BCUT2D eigenvalue weighted by Gasteiger charge is 2.27. The third-order valence-electron chi connectivity index (χ3n) is 5.76. The minimum atomic E-state index is -0.448. The monoisotopic (exact) mass is 600 g/mol. The van der Waals surface area contributed by atoms with E-state index in [1.807, 2.05) is 29.6 Å². The molecule has 0 saturated carbocycles. The molecule has 3 heterocycles. The van der Waals surface area contributed by atoms with E-state index in [9.17, 15) is 14.4 Å². The number of hydrogen-bond donors (Lipinski definition) is 4. The topological polar surface area (TPSA) is 134 Å². The van der Waals surface area contributed by atoms with Crippen LogP contribution in [0.4, 0.5) is 15.8 Å². The quantitative estimate of drug-likeness (QED) is 0.154. The number of nitrogens with zero attached hydrogens (tertiary/aromatic N) is 2. The lowest BCUT2D eigenvalue weighted by Crippen LogP contribution is -2.43. The zero-order chi connectivity index (χ0) is 27.2. The van der Waals surface area contributed by atoms with Gasteiger partial charge in [-0.15, -0.1) is 32.9 Å². The summed E-state index contributed by atoms with van der Waals surface area (Å²) in [7, 11) is 1.61. The molecule has 1 aromatic carbocycles. The molecular weight excluding hydrogens is 577 g/mol. The van der Waals surface area contributed by atoms with Gasteiger partial charge in [0.1, 0.15) is 10.8 Å². The number of anilines is 3. The summed E-state index contributed by atoms with van der Waals surface area (Å²) in [5.74, 6) is -0.291. The summed E-state index contributed by atoms with van der Waals surface area (Å²) in [6, 6.07) is 11.0. The van der Waals surface area contributed by atoms with Gasteiger partial charge in [0.05, 0.1) is 23.3 Å². The van der Waals surface area contributed by atoms with Crippen molar-refractivity contribution in [3.63, 3.8) is 0 Å². The summed E-state index contributed by atoms with van der Waals surface area (Å²) in [6.45, 7) is 0. The lowest BCUT2D eigenvalue weighted by atomic mass is 9.95. The van der Waals surface area contributed by atoms with Crippen LogP contribution in [0.2, 0.25) is 0 Å². The number of benzene rings is 1. The Morgan fingerprint density at radius 1 is 1.00 bits per heavy atom. The summed E-state index contributed by atoms with van der Waals surface area (Å²) in [6.07, 6.45) is 3.65. The smallest absolute Gasteiger partial charge is 0.272 e. The molecule has 0 radical (unpaired) electrons. The van der Waals surface area contributed by atoms with Gasteiger partial charge in [-0.05, 0) is 67.0 Å². The van der Waals surface area contributed by atoms with Gasteiger partial charge in [-0.1, -0.05) is 29.2 Å². The van der Waals surface area contributed by atoms with Crippen molar-refractivity contribution in [2.75, 3.05) is 23.5 Å². The van der Waals surface area contributed by atoms with Gasteiger partial charge < -0.3 is 15.4 Å². The molecule has 4 aromatic rings. The standard InChI is InChI=1S/C25H24N6O4S4/c1-35-15-10-8-14(9-11-15)26-24-30-31-25(39-24)37-13-19(32)28-29-22(34)20-16-5-2-3-6-17(16)38-23(20)27-21(33)18-7-4-12-36-18/h4,7-12H,2-3,5-6,13H2,1H3,(H,26,30)(H,27,33)(H,28,32)(H,29,34). The van der Waals surface area contributed by atoms with Crippen LogP contribution in [0.5, 0.6) is 5.75 Å². The van der Waals surface area contributed by atoms with E-state index in [1.165, 1.54) is 45.8 Å². The number of thiophene rings is 2. The summed E-state index contributed by atoms with van der Waals surface area (Å²) in [5, 5.41) is 17.2. The summed E-state index contributed by atoms with van der Waals surface area (Å²) >= 11 is 5.30. The Morgan fingerprint density at radius 2 is 1.82 bits per heavy atom. The Kier molecular flexibility index (Phi) is 8.76. The second-order valence-corrected chi connectivity index (χ2v) is 12.6. The van der Waals surface area contributed by atoms with Crippen LogP contribution >= 0.6 is 45.8 Å². The number of carbonyl (C=O) groups excluding carboxylic acids is 3. The second-order valence-electron chi connectivity index (χ2n) is 8.36. The molecule has 5 rings (SSSR count). The lowest BCUT2D eigenvalue weighted by molar-refractivity contribution is -0.119. The first-order chi connectivity index (χ1) is 19.0. The fourth-order valence-corrected chi connectivity index (χ4v) is 7.41. The number of hydrogen-bond acceptors (Lipinski definition) is 11. The predicted molar refractivity (Wildman–Crippen MR) is 156 cm³/mol. The molecule has 0 atom stereocenters. The number of methoxy groups -OCH3 is 1. The predicted octanol–water partition coefficient (Wildman–Crippen LogP) is 5.10. The van der Waals surface area contributed by atoms with E-state index < -0.39 is 5.91 Å². The molecule has 0 unspecified atom stereocenters. The fraction of sp³-hybridized carbons (Fsp3) is 0.240. The molecule has 3 amide bonds. The van der Waals surface area contributed by atoms with E-state index in [0.717, 1.165) is 47.6 Å². The van der Waals surface area contributed by atoms with Crippen molar-refractivity contribution >= 4 is 79.3 Å². The van der Waals surface area contributed by atoms with E-state index in [0.29, 0.717) is 24.9 Å². The number of fused-ring (bicyclic) bond motifs is 1. The normalized spacial score (nSPS) is 12.3. The SMILES string of the molecule is COc1ccc(Nc2nnc(SCC(=O)NNC(=O)c3c(NC(=O)c4cccs4)sc4c3CCCC4)s2)cc1. The number of nitrogens with one attached hydrogen (secondary N) is 4. The number of aromatic nitrogens is 2. The first kappa shape index (κ1) is 27.1. The molecular formula is C25H24N6O4S4. The van der Waals surface area contributed by atoms with E-state index >= 15 is 0 Å². The molecule has 0 aliphatic heterocycles. The number of ether oxygens (including phenoxy) is 1. The molecule has 4 N–H and O–H groups in total. The van der Waals surface area contributed by atoms with Gasteiger partial charge in [0.2, 0.25) is 11.0 Å². The van der Waals surface area contributed by atoms with Gasteiger partial charge in [0.25, 0.3) is 11.8 Å². The molecule has 39 heavy (non-hydrogen) atoms. The number of aryl methyl sites for hydroxylation is 1. The zero-order valence-corrected chi connectivity index (χ0v) is 24.0. The average molecular weight is 601 g/mol. The molecule has 0 saturated heterocycles. The van der Waals surface area contributed by atoms with Crippen molar-refractivity contribution in [3.8, 4) is 5.75 Å². The Labute approximate surface area is 240 Å². The maximum Gasteiger partial charge on any atom is 0.272 e. The summed E-state index contributed by atoms with van der Waals surface area (Å²) < 4.78 is 5.77. The fourth-order valence-electron chi connectivity index (χ4n) is 3.94. The number of carbonyl (C=O) groups is 3. The zero-order valence-electron chi connectivity index (χ0n) is 20.7. The van der Waals surface area contributed by atoms with Crippen LogP contribution < -0.4 is 26.2 Å². The van der Waals surface area contributed by atoms with Crippen molar-refractivity contribution in [2.45, 2.75) is 30.0 Å². The first-order valence-electron chi connectivity index (χ1n) is 12.0. The molecule has 1 aliphatic carbocycles. The van der Waals surface area contributed by atoms with Crippen LogP contribution in [0.1, 0.15) is 43.3 Å². The van der Waals surface area contributed by atoms with Crippen LogP contribution in [0.15, 0.2) is 46.1 Å². The molecule has 0 bridgehead atoms. The van der Waals surface area contributed by atoms with Gasteiger partial charge in [-0.25, -0.2) is 0 Å². The Morgan fingerprint density at radius 3 is 2.59 bits per heavy atom. The van der Waals surface area contributed by atoms with E-state index in [-0.39, 0.29) is 17.6 Å². The highest BCUT2D eigenvalue weighted by Crippen LogP contribution is 2.38. The molecule has 1 aliphatic rings. The average Bonchev–Trinajstić information content (AvgIpc) is 3.71. The molecule has 0 fully saturated rings. The van der Waals surface area contributed by atoms with Crippen molar-refractivity contribution < 1.29 is 19.1 Å². The van der Waals surface area contributed by atoms with Crippen molar-refractivity contribution in [1.29, 1.82) is 0 Å². The minimum absolute atomic E-state index is 0.0428. The van der Waals surface area contributed by atoms with Crippen molar-refractivity contribution in [3.05, 3.63) is 62.7 Å². The number of thioether (sulfide) groups is 1. The van der Waals surface area contributed by atoms with Crippen LogP contribution in [0, 0.1) is 0 Å². The van der Waals surface area contributed by atoms with Crippen LogP contribution in [0.25, 0.3) is 0 Å². The molecule has 10 nitrogen and oxygen atoms in total. The first-order valence-corrected chi connectivity index (χ1v) is 15.5. The largest absolute Gasteiger partial charge is 0.497 e. The van der Waals surface area contributed by atoms with Crippen LogP contribution in [0.3, 0.4) is 0 Å². The molecule has 3 aromatic heterocycles. The number of amides is 3. The van der Waals surface area contributed by atoms with Gasteiger partial charge in [0.15, 0.2) is 4.34 Å². The van der Waals surface area contributed by atoms with Crippen molar-refractivity contribution in [1.82, 2.24) is 21.0 Å². The minimum Gasteiger partial charge on any atom is -0.497 e. The van der Waals surface area contributed by atoms with Gasteiger partial charge in [0, 0.05) is 10.6 Å². The molecule has 14 heteroatoms. The second kappa shape index (κ2) is 12.6. The number of rotatable bonds is 9. The van der Waals surface area contributed by atoms with Gasteiger partial charge in [-0.2, -0.15) is 0 Å². The van der Waals surface area contributed by atoms with Gasteiger partial charge >= 0.3 is 0 Å². The molecule has 202 valence electrons. The van der Waals surface area contributed by atoms with E-state index in [1.54, 1.807) is 19.2 Å².